The van der Waals surface area contributed by atoms with E-state index in [0.29, 0.717) is 17.2 Å². The Kier molecular flexibility index (Phi) is 3.38. The third-order valence-electron chi connectivity index (χ3n) is 2.32. The van der Waals surface area contributed by atoms with E-state index in [2.05, 4.69) is 11.6 Å². The number of nitrogens with zero attached hydrogens (tertiary/aromatic N) is 1. The van der Waals surface area contributed by atoms with Crippen LogP contribution in [0.2, 0.25) is 0 Å². The summed E-state index contributed by atoms with van der Waals surface area (Å²) in [6, 6.07) is 12.0. The maximum Gasteiger partial charge on any atom is 0.335 e. The van der Waals surface area contributed by atoms with Gasteiger partial charge in [-0.25, -0.2) is 9.78 Å². The molecule has 0 aliphatic heterocycles. The first-order valence-corrected chi connectivity index (χ1v) is 5.28. The average molecular weight is 241 g/mol. The molecule has 0 aliphatic rings. The number of pyridine rings is 1. The molecule has 0 saturated carbocycles. The average Bonchev–Trinajstić information content (AvgIpc) is 2.40. The van der Waals surface area contributed by atoms with Gasteiger partial charge in [-0.05, 0) is 23.8 Å². The van der Waals surface area contributed by atoms with E-state index in [1.165, 1.54) is 0 Å². The van der Waals surface area contributed by atoms with Gasteiger partial charge >= 0.3 is 5.97 Å². The van der Waals surface area contributed by atoms with Crippen molar-refractivity contribution in [3.63, 3.8) is 0 Å². The van der Waals surface area contributed by atoms with Crippen molar-refractivity contribution in [1.82, 2.24) is 4.98 Å². The monoisotopic (exact) mass is 241 g/mol. The topological polar surface area (TPSA) is 59.4 Å². The van der Waals surface area contributed by atoms with E-state index >= 15 is 0 Å². The van der Waals surface area contributed by atoms with Crippen LogP contribution in [0.5, 0.6) is 11.6 Å². The molecule has 90 valence electrons. The predicted molar refractivity (Wildman–Crippen MR) is 67.4 cm³/mol. The van der Waals surface area contributed by atoms with Gasteiger partial charge in [0.1, 0.15) is 5.75 Å². The normalized spacial score (nSPS) is 9.78. The highest BCUT2D eigenvalue weighted by Gasteiger charge is 2.07. The minimum absolute atomic E-state index is 0.0550. The van der Waals surface area contributed by atoms with Crippen LogP contribution >= 0.6 is 0 Å². The zero-order valence-corrected chi connectivity index (χ0v) is 9.54. The summed E-state index contributed by atoms with van der Waals surface area (Å²) in [5.74, 6) is 0.0475. The van der Waals surface area contributed by atoms with E-state index in [0.717, 1.165) is 0 Å². The van der Waals surface area contributed by atoms with Crippen molar-refractivity contribution in [2.24, 2.45) is 0 Å². The molecule has 18 heavy (non-hydrogen) atoms. The lowest BCUT2D eigenvalue weighted by molar-refractivity contribution is -0.130. The van der Waals surface area contributed by atoms with Crippen molar-refractivity contribution in [1.29, 1.82) is 0 Å². The molecule has 0 radical (unpaired) electrons. The molecule has 0 amide bonds. The molecule has 0 saturated heterocycles. The van der Waals surface area contributed by atoms with Gasteiger partial charge in [-0.1, -0.05) is 24.8 Å². The highest BCUT2D eigenvalue weighted by atomic mass is 16.5. The highest BCUT2D eigenvalue weighted by molar-refractivity contribution is 6.14. The fraction of sp³-hybridized carbons (Fsp3) is 0. The van der Waals surface area contributed by atoms with Crippen LogP contribution < -0.4 is 4.74 Å². The van der Waals surface area contributed by atoms with Crippen molar-refractivity contribution in [3.05, 3.63) is 60.8 Å². The van der Waals surface area contributed by atoms with Crippen molar-refractivity contribution in [3.8, 4) is 11.6 Å². The summed E-state index contributed by atoms with van der Waals surface area (Å²) in [4.78, 5) is 14.8. The summed E-state index contributed by atoms with van der Waals surface area (Å²) in [6.07, 6.45) is 1.63. The van der Waals surface area contributed by atoms with Crippen molar-refractivity contribution >= 4 is 11.5 Å². The Morgan fingerprint density at radius 2 is 1.89 bits per heavy atom. The molecule has 1 aromatic heterocycles. The van der Waals surface area contributed by atoms with Crippen LogP contribution in [0.15, 0.2) is 55.2 Å². The van der Waals surface area contributed by atoms with Gasteiger partial charge in [0, 0.05) is 12.3 Å². The van der Waals surface area contributed by atoms with Crippen LogP contribution in [0.1, 0.15) is 5.56 Å². The number of hydrogen-bond acceptors (Lipinski definition) is 3. The number of aliphatic carboxylic acids is 1. The van der Waals surface area contributed by atoms with Crippen molar-refractivity contribution < 1.29 is 14.6 Å². The lowest BCUT2D eigenvalue weighted by atomic mass is 10.1. The third-order valence-corrected chi connectivity index (χ3v) is 2.32. The van der Waals surface area contributed by atoms with Crippen LogP contribution in [0.25, 0.3) is 5.57 Å². The van der Waals surface area contributed by atoms with E-state index in [4.69, 9.17) is 9.84 Å². The molecule has 0 bridgehead atoms. The highest BCUT2D eigenvalue weighted by Crippen LogP contribution is 2.21. The molecular formula is C14H11NO3. The molecule has 1 heterocycles. The van der Waals surface area contributed by atoms with E-state index in [1.807, 2.05) is 6.07 Å². The smallest absolute Gasteiger partial charge is 0.335 e. The fourth-order valence-electron chi connectivity index (χ4n) is 1.38. The Balaban J connectivity index is 2.13. The minimum atomic E-state index is -1.03. The van der Waals surface area contributed by atoms with Gasteiger partial charge in [-0.3, -0.25) is 0 Å². The quantitative estimate of drug-likeness (QED) is 0.836. The molecule has 2 aromatic rings. The second-order valence-corrected chi connectivity index (χ2v) is 3.58. The van der Waals surface area contributed by atoms with Gasteiger partial charge in [-0.2, -0.15) is 0 Å². The Bertz CT molecular complexity index is 561. The predicted octanol–water partition coefficient (Wildman–Crippen LogP) is 2.97. The summed E-state index contributed by atoms with van der Waals surface area (Å²) < 4.78 is 5.49. The van der Waals surface area contributed by atoms with Crippen LogP contribution in [0.4, 0.5) is 0 Å². The Labute approximate surface area is 104 Å². The lowest BCUT2D eigenvalue weighted by Crippen LogP contribution is -1.97. The first-order chi connectivity index (χ1) is 8.66. The second kappa shape index (κ2) is 5.14. The number of ether oxygens (including phenoxy) is 1. The van der Waals surface area contributed by atoms with E-state index in [9.17, 15) is 4.79 Å². The zero-order valence-electron chi connectivity index (χ0n) is 9.54. The molecule has 0 fully saturated rings. The Morgan fingerprint density at radius 1 is 1.17 bits per heavy atom. The molecule has 0 unspecified atom stereocenters. The van der Waals surface area contributed by atoms with Gasteiger partial charge in [0.05, 0.1) is 5.57 Å². The number of benzene rings is 1. The summed E-state index contributed by atoms with van der Waals surface area (Å²) in [5, 5.41) is 8.80. The molecule has 4 heteroatoms. The second-order valence-electron chi connectivity index (χ2n) is 3.58. The number of carboxylic acids is 1. The van der Waals surface area contributed by atoms with E-state index in [-0.39, 0.29) is 5.57 Å². The SMILES string of the molecule is C=C(C(=O)O)c1ccc(Oc2ccccn2)cc1. The molecule has 0 atom stereocenters. The molecular weight excluding hydrogens is 230 g/mol. The molecule has 1 N–H and O–H groups in total. The molecule has 1 aromatic carbocycles. The van der Waals surface area contributed by atoms with Crippen LogP contribution in [-0.4, -0.2) is 16.1 Å². The summed E-state index contributed by atoms with van der Waals surface area (Å²) in [5.41, 5.74) is 0.607. The summed E-state index contributed by atoms with van der Waals surface area (Å²) in [6.45, 7) is 3.49. The minimum Gasteiger partial charge on any atom is -0.478 e. The van der Waals surface area contributed by atoms with Crippen LogP contribution in [-0.2, 0) is 4.79 Å². The van der Waals surface area contributed by atoms with E-state index in [1.54, 1.807) is 42.6 Å². The van der Waals surface area contributed by atoms with Gasteiger partial charge in [0.25, 0.3) is 0 Å². The Hall–Kier alpha value is -2.62. The number of rotatable bonds is 4. The number of carboxylic acid groups (broad SMARTS) is 1. The van der Waals surface area contributed by atoms with Gasteiger partial charge in [0.2, 0.25) is 5.88 Å². The number of aromatic nitrogens is 1. The third kappa shape index (κ3) is 2.74. The number of hydrogen-bond donors (Lipinski definition) is 1. The zero-order chi connectivity index (χ0) is 13.0. The molecule has 2 rings (SSSR count). The lowest BCUT2D eigenvalue weighted by Gasteiger charge is -2.05. The number of carbonyl (C=O) groups is 1. The maximum atomic E-state index is 10.7. The van der Waals surface area contributed by atoms with Crippen LogP contribution in [0, 0.1) is 0 Å². The molecule has 4 nitrogen and oxygen atoms in total. The maximum absolute atomic E-state index is 10.7. The van der Waals surface area contributed by atoms with Gasteiger partial charge in [0.15, 0.2) is 0 Å². The van der Waals surface area contributed by atoms with Crippen LogP contribution in [0.3, 0.4) is 0 Å². The van der Waals surface area contributed by atoms with Crippen molar-refractivity contribution in [2.45, 2.75) is 0 Å². The largest absolute Gasteiger partial charge is 0.478 e. The first kappa shape index (κ1) is 11.9. The van der Waals surface area contributed by atoms with Crippen molar-refractivity contribution in [2.75, 3.05) is 0 Å². The fourth-order valence-corrected chi connectivity index (χ4v) is 1.38. The summed E-state index contributed by atoms with van der Waals surface area (Å²) in [7, 11) is 0. The molecule has 0 spiro atoms. The van der Waals surface area contributed by atoms with Gasteiger partial charge in [-0.15, -0.1) is 0 Å². The first-order valence-electron chi connectivity index (χ1n) is 5.28. The summed E-state index contributed by atoms with van der Waals surface area (Å²) >= 11 is 0. The van der Waals surface area contributed by atoms with E-state index < -0.39 is 5.97 Å². The van der Waals surface area contributed by atoms with Gasteiger partial charge < -0.3 is 9.84 Å². The Morgan fingerprint density at radius 3 is 2.44 bits per heavy atom. The molecule has 0 aliphatic carbocycles. The standard InChI is InChI=1S/C14H11NO3/c1-10(14(16)17)11-5-7-12(8-6-11)18-13-4-2-3-9-15-13/h2-9H,1H2,(H,16,17).